The van der Waals surface area contributed by atoms with E-state index in [-0.39, 0.29) is 5.91 Å². The normalized spacial score (nSPS) is 10.4. The quantitative estimate of drug-likeness (QED) is 0.644. The number of carbonyl (C=O) groups is 1. The topological polar surface area (TPSA) is 76.1 Å². The van der Waals surface area contributed by atoms with Crippen LogP contribution in [0.25, 0.3) is 0 Å². The van der Waals surface area contributed by atoms with E-state index in [0.29, 0.717) is 40.3 Å². The second kappa shape index (κ2) is 8.71. The minimum atomic E-state index is -0.262. The summed E-state index contributed by atoms with van der Waals surface area (Å²) in [7, 11) is 1.56. The lowest BCUT2D eigenvalue weighted by atomic mass is 10.1. The fourth-order valence-electron chi connectivity index (χ4n) is 2.59. The summed E-state index contributed by atoms with van der Waals surface area (Å²) in [5.41, 5.74) is 3.87. The van der Waals surface area contributed by atoms with Crippen LogP contribution in [0, 0.1) is 13.8 Å². The average Bonchev–Trinajstić information content (AvgIpc) is 2.67. The van der Waals surface area contributed by atoms with E-state index in [2.05, 4.69) is 20.6 Å². The molecule has 0 saturated carbocycles. The van der Waals surface area contributed by atoms with Crippen LogP contribution in [0.2, 0.25) is 5.02 Å². The Bertz CT molecular complexity index is 990. The minimum Gasteiger partial charge on any atom is -0.495 e. The minimum absolute atomic E-state index is 0.262. The molecule has 0 aliphatic carbocycles. The van der Waals surface area contributed by atoms with Crippen molar-refractivity contribution in [3.8, 4) is 5.75 Å². The van der Waals surface area contributed by atoms with Gasteiger partial charge in [0.25, 0.3) is 5.91 Å². The Kier molecular flexibility index (Phi) is 6.11. The van der Waals surface area contributed by atoms with Gasteiger partial charge in [-0.1, -0.05) is 41.4 Å². The molecule has 144 valence electrons. The standard InChI is InChI=1S/C21H21ClN4O2/c1-13-4-6-15(7-5-13)12-23-20(27)18-10-14(2)24-21(26-18)25-16-8-9-19(28-3)17(22)11-16/h4-11H,12H2,1-3H3,(H,23,27)(H,24,25,26). The zero-order valence-corrected chi connectivity index (χ0v) is 16.7. The molecule has 7 heteroatoms. The Balaban J connectivity index is 1.72. The van der Waals surface area contributed by atoms with Gasteiger partial charge in [-0.15, -0.1) is 0 Å². The van der Waals surface area contributed by atoms with E-state index in [1.165, 1.54) is 5.56 Å². The number of nitrogens with zero attached hydrogens (tertiary/aromatic N) is 2. The molecular formula is C21H21ClN4O2. The molecule has 0 bridgehead atoms. The Hall–Kier alpha value is -3.12. The molecule has 3 rings (SSSR count). The predicted molar refractivity (Wildman–Crippen MR) is 110 cm³/mol. The summed E-state index contributed by atoms with van der Waals surface area (Å²) in [5.74, 6) is 0.636. The summed E-state index contributed by atoms with van der Waals surface area (Å²) >= 11 is 6.15. The van der Waals surface area contributed by atoms with Gasteiger partial charge in [0.2, 0.25) is 5.95 Å². The summed E-state index contributed by atoms with van der Waals surface area (Å²) in [4.78, 5) is 21.2. The highest BCUT2D eigenvalue weighted by atomic mass is 35.5. The lowest BCUT2D eigenvalue weighted by Crippen LogP contribution is -2.24. The van der Waals surface area contributed by atoms with Crippen molar-refractivity contribution in [2.45, 2.75) is 20.4 Å². The number of anilines is 2. The van der Waals surface area contributed by atoms with E-state index in [0.717, 1.165) is 5.56 Å². The van der Waals surface area contributed by atoms with Crippen LogP contribution in [0.3, 0.4) is 0 Å². The van der Waals surface area contributed by atoms with E-state index in [1.807, 2.05) is 38.1 Å². The Labute approximate surface area is 168 Å². The monoisotopic (exact) mass is 396 g/mol. The van der Waals surface area contributed by atoms with E-state index in [4.69, 9.17) is 16.3 Å². The largest absolute Gasteiger partial charge is 0.495 e. The number of hydrogen-bond donors (Lipinski definition) is 2. The lowest BCUT2D eigenvalue weighted by molar-refractivity contribution is 0.0945. The van der Waals surface area contributed by atoms with Crippen LogP contribution < -0.4 is 15.4 Å². The van der Waals surface area contributed by atoms with Gasteiger partial charge in [0.05, 0.1) is 12.1 Å². The van der Waals surface area contributed by atoms with Crippen LogP contribution in [0.15, 0.2) is 48.5 Å². The number of amides is 1. The summed E-state index contributed by atoms with van der Waals surface area (Å²) < 4.78 is 5.15. The van der Waals surface area contributed by atoms with Crippen molar-refractivity contribution >= 4 is 29.1 Å². The molecule has 28 heavy (non-hydrogen) atoms. The van der Waals surface area contributed by atoms with Gasteiger partial charge < -0.3 is 15.4 Å². The maximum absolute atomic E-state index is 12.5. The lowest BCUT2D eigenvalue weighted by Gasteiger charge is -2.10. The van der Waals surface area contributed by atoms with Crippen molar-refractivity contribution in [3.63, 3.8) is 0 Å². The molecule has 2 aromatic carbocycles. The van der Waals surface area contributed by atoms with Crippen LogP contribution in [0.4, 0.5) is 11.6 Å². The second-order valence-corrected chi connectivity index (χ2v) is 6.77. The van der Waals surface area contributed by atoms with Gasteiger partial charge in [0.1, 0.15) is 11.4 Å². The third-order valence-corrected chi connectivity index (χ3v) is 4.36. The number of carbonyl (C=O) groups excluding carboxylic acids is 1. The van der Waals surface area contributed by atoms with Crippen LogP contribution in [-0.4, -0.2) is 23.0 Å². The number of halogens is 1. The zero-order chi connectivity index (χ0) is 20.1. The summed E-state index contributed by atoms with van der Waals surface area (Å²) in [6.45, 7) is 4.26. The molecular weight excluding hydrogens is 376 g/mol. The highest BCUT2D eigenvalue weighted by molar-refractivity contribution is 6.32. The van der Waals surface area contributed by atoms with Gasteiger partial charge in [-0.3, -0.25) is 4.79 Å². The highest BCUT2D eigenvalue weighted by Gasteiger charge is 2.11. The molecule has 1 amide bonds. The van der Waals surface area contributed by atoms with Crippen molar-refractivity contribution in [2.75, 3.05) is 12.4 Å². The van der Waals surface area contributed by atoms with Crippen molar-refractivity contribution < 1.29 is 9.53 Å². The first-order chi connectivity index (χ1) is 13.4. The SMILES string of the molecule is COc1ccc(Nc2nc(C)cc(C(=O)NCc3ccc(C)cc3)n2)cc1Cl. The molecule has 0 fully saturated rings. The van der Waals surface area contributed by atoms with Crippen LogP contribution >= 0.6 is 11.6 Å². The molecule has 2 N–H and O–H groups in total. The first-order valence-corrected chi connectivity index (χ1v) is 9.12. The second-order valence-electron chi connectivity index (χ2n) is 6.36. The number of nitrogens with one attached hydrogen (secondary N) is 2. The van der Waals surface area contributed by atoms with Gasteiger partial charge in [-0.25, -0.2) is 9.97 Å². The highest BCUT2D eigenvalue weighted by Crippen LogP contribution is 2.28. The zero-order valence-electron chi connectivity index (χ0n) is 15.9. The molecule has 0 radical (unpaired) electrons. The Morgan fingerprint density at radius 2 is 1.82 bits per heavy atom. The molecule has 3 aromatic rings. The first kappa shape index (κ1) is 19.6. The predicted octanol–water partition coefficient (Wildman–Crippen LogP) is 4.43. The van der Waals surface area contributed by atoms with Crippen molar-refractivity contribution in [1.82, 2.24) is 15.3 Å². The molecule has 1 aromatic heterocycles. The number of aromatic nitrogens is 2. The van der Waals surface area contributed by atoms with Crippen LogP contribution in [0.1, 0.15) is 27.3 Å². The fourth-order valence-corrected chi connectivity index (χ4v) is 2.85. The fraction of sp³-hybridized carbons (Fsp3) is 0.190. The van der Waals surface area contributed by atoms with Crippen LogP contribution in [0.5, 0.6) is 5.75 Å². The summed E-state index contributed by atoms with van der Waals surface area (Å²) in [5, 5.41) is 6.42. The van der Waals surface area contributed by atoms with E-state index in [9.17, 15) is 4.79 Å². The smallest absolute Gasteiger partial charge is 0.270 e. The molecule has 0 unspecified atom stereocenters. The van der Waals surface area contributed by atoms with Gasteiger partial charge in [0, 0.05) is 17.9 Å². The number of aryl methyl sites for hydroxylation is 2. The Morgan fingerprint density at radius 3 is 2.50 bits per heavy atom. The average molecular weight is 397 g/mol. The molecule has 6 nitrogen and oxygen atoms in total. The first-order valence-electron chi connectivity index (χ1n) is 8.74. The van der Waals surface area contributed by atoms with Crippen molar-refractivity contribution in [1.29, 1.82) is 0 Å². The molecule has 0 spiro atoms. The van der Waals surface area contributed by atoms with E-state index >= 15 is 0 Å². The Morgan fingerprint density at radius 1 is 1.07 bits per heavy atom. The number of rotatable bonds is 6. The van der Waals surface area contributed by atoms with E-state index < -0.39 is 0 Å². The number of ether oxygens (including phenoxy) is 1. The maximum atomic E-state index is 12.5. The third-order valence-electron chi connectivity index (χ3n) is 4.07. The van der Waals surface area contributed by atoms with Gasteiger partial charge >= 0.3 is 0 Å². The maximum Gasteiger partial charge on any atom is 0.270 e. The molecule has 0 aliphatic rings. The number of hydrogen-bond acceptors (Lipinski definition) is 5. The third kappa shape index (κ3) is 4.98. The molecule has 0 aliphatic heterocycles. The van der Waals surface area contributed by atoms with E-state index in [1.54, 1.807) is 31.4 Å². The van der Waals surface area contributed by atoms with Crippen molar-refractivity contribution in [2.24, 2.45) is 0 Å². The van der Waals surface area contributed by atoms with Gasteiger partial charge in [0.15, 0.2) is 0 Å². The van der Waals surface area contributed by atoms with Crippen LogP contribution in [-0.2, 0) is 6.54 Å². The van der Waals surface area contributed by atoms with Crippen molar-refractivity contribution in [3.05, 3.63) is 76.1 Å². The summed E-state index contributed by atoms with van der Waals surface area (Å²) in [6, 6.07) is 14.9. The molecule has 0 saturated heterocycles. The number of methoxy groups -OCH3 is 1. The van der Waals surface area contributed by atoms with Gasteiger partial charge in [-0.05, 0) is 43.7 Å². The molecule has 0 atom stereocenters. The summed E-state index contributed by atoms with van der Waals surface area (Å²) in [6.07, 6.45) is 0. The molecule has 1 heterocycles. The number of benzene rings is 2. The van der Waals surface area contributed by atoms with Gasteiger partial charge in [-0.2, -0.15) is 0 Å².